The zero-order valence-electron chi connectivity index (χ0n) is 10.9. The van der Waals surface area contributed by atoms with E-state index in [1.54, 1.807) is 18.3 Å². The molecule has 1 amide bonds. The third-order valence-electron chi connectivity index (χ3n) is 2.44. The number of rotatable bonds is 5. The molecule has 0 aliphatic heterocycles. The van der Waals surface area contributed by atoms with E-state index in [-0.39, 0.29) is 12.5 Å². The summed E-state index contributed by atoms with van der Waals surface area (Å²) in [6.07, 6.45) is 1.59. The van der Waals surface area contributed by atoms with Gasteiger partial charge in [0.15, 0.2) is 6.61 Å². The number of nitrogens with one attached hydrogen (secondary N) is 1. The molecule has 0 atom stereocenters. The van der Waals surface area contributed by atoms with Crippen LogP contribution in [0.15, 0.2) is 58.1 Å². The molecule has 0 spiro atoms. The fraction of sp³-hybridized carbons (Fsp3) is 0.0667. The van der Waals surface area contributed by atoms with Crippen LogP contribution in [0, 0.1) is 3.57 Å². The van der Waals surface area contributed by atoms with Crippen LogP contribution in [0.2, 0.25) is 0 Å². The Hall–Kier alpha value is -1.41. The van der Waals surface area contributed by atoms with Gasteiger partial charge in [0.1, 0.15) is 5.75 Å². The van der Waals surface area contributed by atoms with Gasteiger partial charge in [-0.05, 0) is 58.5 Å². The molecule has 0 unspecified atom stereocenters. The molecule has 21 heavy (non-hydrogen) atoms. The maximum atomic E-state index is 11.6. The van der Waals surface area contributed by atoms with Crippen LogP contribution < -0.4 is 10.2 Å². The van der Waals surface area contributed by atoms with Gasteiger partial charge < -0.3 is 4.74 Å². The Balaban J connectivity index is 1.78. The van der Waals surface area contributed by atoms with Crippen LogP contribution in [0.4, 0.5) is 0 Å². The number of amides is 1. The number of carbonyl (C=O) groups excluding carboxylic acids is 1. The van der Waals surface area contributed by atoms with Crippen LogP contribution in [0.25, 0.3) is 0 Å². The van der Waals surface area contributed by atoms with Crippen LogP contribution in [0.1, 0.15) is 5.56 Å². The molecular weight excluding hydrogens is 447 g/mol. The number of nitrogens with zero attached hydrogens (tertiary/aromatic N) is 1. The topological polar surface area (TPSA) is 50.7 Å². The quantitative estimate of drug-likeness (QED) is 0.423. The predicted molar refractivity (Wildman–Crippen MR) is 94.5 cm³/mol. The summed E-state index contributed by atoms with van der Waals surface area (Å²) in [5.41, 5.74) is 3.34. The van der Waals surface area contributed by atoms with Crippen molar-refractivity contribution in [1.29, 1.82) is 0 Å². The molecule has 0 heterocycles. The van der Waals surface area contributed by atoms with Crippen molar-refractivity contribution in [2.45, 2.75) is 0 Å². The zero-order chi connectivity index (χ0) is 15.1. The fourth-order valence-electron chi connectivity index (χ4n) is 1.47. The van der Waals surface area contributed by atoms with Gasteiger partial charge >= 0.3 is 0 Å². The number of hydrogen-bond donors (Lipinski definition) is 1. The lowest BCUT2D eigenvalue weighted by Crippen LogP contribution is -2.24. The van der Waals surface area contributed by atoms with Crippen molar-refractivity contribution >= 4 is 50.6 Å². The lowest BCUT2D eigenvalue weighted by molar-refractivity contribution is -0.123. The first-order chi connectivity index (χ1) is 10.1. The molecule has 0 fully saturated rings. The molecule has 2 aromatic rings. The van der Waals surface area contributed by atoms with Gasteiger partial charge in [0.25, 0.3) is 5.91 Å². The van der Waals surface area contributed by atoms with Crippen LogP contribution in [0.3, 0.4) is 0 Å². The van der Waals surface area contributed by atoms with E-state index in [9.17, 15) is 4.79 Å². The van der Waals surface area contributed by atoms with Gasteiger partial charge in [-0.3, -0.25) is 4.79 Å². The average molecular weight is 459 g/mol. The Morgan fingerprint density at radius 3 is 2.76 bits per heavy atom. The maximum Gasteiger partial charge on any atom is 0.277 e. The molecule has 2 rings (SSSR count). The fourth-order valence-corrected chi connectivity index (χ4v) is 2.20. The highest BCUT2D eigenvalue weighted by Crippen LogP contribution is 2.17. The lowest BCUT2D eigenvalue weighted by atomic mass is 10.2. The first-order valence-electron chi connectivity index (χ1n) is 6.09. The summed E-state index contributed by atoms with van der Waals surface area (Å²) in [6, 6.07) is 15.1. The summed E-state index contributed by atoms with van der Waals surface area (Å²) in [4.78, 5) is 11.6. The number of carbonyl (C=O) groups is 1. The van der Waals surface area contributed by atoms with Gasteiger partial charge in [0, 0.05) is 8.04 Å². The normalized spacial score (nSPS) is 10.6. The summed E-state index contributed by atoms with van der Waals surface area (Å²) in [7, 11) is 0. The summed E-state index contributed by atoms with van der Waals surface area (Å²) in [5, 5.41) is 3.88. The van der Waals surface area contributed by atoms with E-state index in [2.05, 4.69) is 49.0 Å². The summed E-state index contributed by atoms with van der Waals surface area (Å²) < 4.78 is 7.40. The van der Waals surface area contributed by atoms with E-state index in [4.69, 9.17) is 4.74 Å². The number of hydrogen-bond acceptors (Lipinski definition) is 3. The van der Waals surface area contributed by atoms with Gasteiger partial charge in [0.05, 0.1) is 6.21 Å². The minimum Gasteiger partial charge on any atom is -0.484 e. The molecule has 4 nitrogen and oxygen atoms in total. The minimum atomic E-state index is -0.309. The molecule has 0 radical (unpaired) electrons. The second kappa shape index (κ2) is 8.14. The second-order valence-electron chi connectivity index (χ2n) is 4.09. The summed E-state index contributed by atoms with van der Waals surface area (Å²) in [5.74, 6) is 0.317. The van der Waals surface area contributed by atoms with Gasteiger partial charge in [-0.15, -0.1) is 0 Å². The zero-order valence-corrected chi connectivity index (χ0v) is 14.7. The molecule has 1 N–H and O–H groups in total. The van der Waals surface area contributed by atoms with Gasteiger partial charge in [-0.1, -0.05) is 34.1 Å². The standard InChI is InChI=1S/C15H12BrIN2O2/c16-12-2-1-3-14(8-12)21-10-15(20)19-18-9-11-4-6-13(17)7-5-11/h1-9H,10H2,(H,19,20). The number of hydrazone groups is 1. The first-order valence-corrected chi connectivity index (χ1v) is 7.96. The molecule has 0 aliphatic rings. The number of ether oxygens (including phenoxy) is 1. The van der Waals surface area contributed by atoms with Crippen LogP contribution in [0.5, 0.6) is 5.75 Å². The van der Waals surface area contributed by atoms with E-state index in [0.29, 0.717) is 5.75 Å². The molecule has 2 aromatic carbocycles. The third kappa shape index (κ3) is 5.84. The third-order valence-corrected chi connectivity index (χ3v) is 3.65. The first kappa shape index (κ1) is 16.0. The molecule has 0 aliphatic carbocycles. The summed E-state index contributed by atoms with van der Waals surface area (Å²) >= 11 is 5.57. The Bertz CT molecular complexity index is 644. The predicted octanol–water partition coefficient (Wildman–Crippen LogP) is 3.58. The average Bonchev–Trinajstić information content (AvgIpc) is 2.47. The van der Waals surface area contributed by atoms with Crippen molar-refractivity contribution in [2.75, 3.05) is 6.61 Å². The summed E-state index contributed by atoms with van der Waals surface area (Å²) in [6.45, 7) is -0.0829. The largest absolute Gasteiger partial charge is 0.484 e. The smallest absolute Gasteiger partial charge is 0.277 e. The molecule has 0 saturated heterocycles. The Labute approximate surface area is 144 Å². The van der Waals surface area contributed by atoms with Crippen molar-refractivity contribution in [1.82, 2.24) is 5.43 Å². The van der Waals surface area contributed by atoms with E-state index in [1.807, 2.05) is 36.4 Å². The number of halogens is 2. The van der Waals surface area contributed by atoms with E-state index < -0.39 is 0 Å². The number of benzene rings is 2. The monoisotopic (exact) mass is 458 g/mol. The van der Waals surface area contributed by atoms with Crippen molar-refractivity contribution in [3.8, 4) is 5.75 Å². The van der Waals surface area contributed by atoms with Gasteiger partial charge in [-0.25, -0.2) is 5.43 Å². The Kier molecular flexibility index (Phi) is 6.19. The molecule has 0 bridgehead atoms. The molecular formula is C15H12BrIN2O2. The molecule has 0 aromatic heterocycles. The Morgan fingerprint density at radius 1 is 1.29 bits per heavy atom. The van der Waals surface area contributed by atoms with Gasteiger partial charge in [0.2, 0.25) is 0 Å². The van der Waals surface area contributed by atoms with Crippen molar-refractivity contribution < 1.29 is 9.53 Å². The van der Waals surface area contributed by atoms with Crippen LogP contribution in [-0.4, -0.2) is 18.7 Å². The molecule has 0 saturated carbocycles. The van der Waals surface area contributed by atoms with Crippen molar-refractivity contribution in [2.24, 2.45) is 5.10 Å². The lowest BCUT2D eigenvalue weighted by Gasteiger charge is -2.05. The minimum absolute atomic E-state index is 0.0829. The molecule has 108 valence electrons. The van der Waals surface area contributed by atoms with Gasteiger partial charge in [-0.2, -0.15) is 5.10 Å². The second-order valence-corrected chi connectivity index (χ2v) is 6.25. The SMILES string of the molecule is O=C(COc1cccc(Br)c1)NN=Cc1ccc(I)cc1. The van der Waals surface area contributed by atoms with Crippen LogP contribution >= 0.6 is 38.5 Å². The molecule has 6 heteroatoms. The van der Waals surface area contributed by atoms with Crippen molar-refractivity contribution in [3.05, 3.63) is 62.1 Å². The van der Waals surface area contributed by atoms with E-state index in [0.717, 1.165) is 13.6 Å². The van der Waals surface area contributed by atoms with E-state index in [1.165, 1.54) is 0 Å². The highest BCUT2D eigenvalue weighted by atomic mass is 127. The van der Waals surface area contributed by atoms with E-state index >= 15 is 0 Å². The van der Waals surface area contributed by atoms with Crippen LogP contribution in [-0.2, 0) is 4.79 Å². The maximum absolute atomic E-state index is 11.6. The highest BCUT2D eigenvalue weighted by molar-refractivity contribution is 14.1. The highest BCUT2D eigenvalue weighted by Gasteiger charge is 2.01. The Morgan fingerprint density at radius 2 is 2.05 bits per heavy atom. The van der Waals surface area contributed by atoms with Crippen molar-refractivity contribution in [3.63, 3.8) is 0 Å².